The summed E-state index contributed by atoms with van der Waals surface area (Å²) >= 11 is 10.2. The van der Waals surface area contributed by atoms with Crippen molar-refractivity contribution in [1.82, 2.24) is 4.90 Å². The fraction of sp³-hybridized carbons (Fsp3) is 0.333. The first-order valence-electron chi connectivity index (χ1n) is 5.59. The van der Waals surface area contributed by atoms with Gasteiger partial charge >= 0.3 is 0 Å². The molecule has 0 bridgehead atoms. The van der Waals surface area contributed by atoms with Gasteiger partial charge in [0.15, 0.2) is 0 Å². The first-order chi connectivity index (χ1) is 8.86. The van der Waals surface area contributed by atoms with E-state index >= 15 is 0 Å². The van der Waals surface area contributed by atoms with Crippen molar-refractivity contribution in [2.24, 2.45) is 5.73 Å². The van der Waals surface area contributed by atoms with Crippen LogP contribution >= 0.6 is 23.8 Å². The van der Waals surface area contributed by atoms with Gasteiger partial charge in [-0.3, -0.25) is 4.79 Å². The molecular formula is C12H13ClF2N2OS. The van der Waals surface area contributed by atoms with E-state index in [-0.39, 0.29) is 22.1 Å². The van der Waals surface area contributed by atoms with Gasteiger partial charge in [0.25, 0.3) is 5.91 Å². The number of rotatable bonds is 5. The van der Waals surface area contributed by atoms with Gasteiger partial charge in [0.2, 0.25) is 0 Å². The van der Waals surface area contributed by atoms with Crippen LogP contribution in [-0.4, -0.2) is 28.9 Å². The molecule has 2 N–H and O–H groups in total. The Morgan fingerprint density at radius 3 is 2.58 bits per heavy atom. The molecule has 0 aromatic heterocycles. The number of hydrogen-bond acceptors (Lipinski definition) is 2. The highest BCUT2D eigenvalue weighted by Gasteiger charge is 2.20. The van der Waals surface area contributed by atoms with Crippen molar-refractivity contribution < 1.29 is 13.6 Å². The largest absolute Gasteiger partial charge is 0.393 e. The quantitative estimate of drug-likeness (QED) is 0.672. The lowest BCUT2D eigenvalue weighted by Gasteiger charge is -2.21. The second-order valence-electron chi connectivity index (χ2n) is 3.85. The van der Waals surface area contributed by atoms with Gasteiger partial charge in [-0.2, -0.15) is 0 Å². The molecular weight excluding hydrogens is 294 g/mol. The second-order valence-corrected chi connectivity index (χ2v) is 4.78. The van der Waals surface area contributed by atoms with Crippen molar-refractivity contribution in [2.45, 2.75) is 13.3 Å². The Bertz CT molecular complexity index is 511. The molecule has 0 saturated carbocycles. The molecule has 7 heteroatoms. The number of benzene rings is 1. The van der Waals surface area contributed by atoms with E-state index in [9.17, 15) is 13.6 Å². The lowest BCUT2D eigenvalue weighted by atomic mass is 10.1. The Kier molecular flexibility index (Phi) is 5.62. The highest BCUT2D eigenvalue weighted by molar-refractivity contribution is 7.80. The van der Waals surface area contributed by atoms with Crippen molar-refractivity contribution in [3.8, 4) is 0 Å². The molecule has 3 nitrogen and oxygen atoms in total. The van der Waals surface area contributed by atoms with Gasteiger partial charge < -0.3 is 10.6 Å². The van der Waals surface area contributed by atoms with Crippen LogP contribution in [0.1, 0.15) is 23.7 Å². The zero-order chi connectivity index (χ0) is 14.6. The molecule has 0 aliphatic rings. The molecule has 0 radical (unpaired) electrons. The molecule has 0 aliphatic heterocycles. The van der Waals surface area contributed by atoms with Crippen LogP contribution in [0.4, 0.5) is 8.78 Å². The molecule has 0 saturated heterocycles. The first-order valence-corrected chi connectivity index (χ1v) is 6.37. The second kappa shape index (κ2) is 6.77. The van der Waals surface area contributed by atoms with Crippen molar-refractivity contribution in [1.29, 1.82) is 0 Å². The third kappa shape index (κ3) is 4.11. The maximum Gasteiger partial charge on any atom is 0.256 e. The maximum atomic E-state index is 13.6. The van der Waals surface area contributed by atoms with Gasteiger partial charge in [-0.1, -0.05) is 23.8 Å². The molecule has 1 amide bonds. The number of nitrogens with zero attached hydrogens (tertiary/aromatic N) is 1. The summed E-state index contributed by atoms with van der Waals surface area (Å²) in [4.78, 5) is 13.7. The number of thiocarbonyl (C=S) groups is 1. The van der Waals surface area contributed by atoms with Gasteiger partial charge in [-0.15, -0.1) is 0 Å². The lowest BCUT2D eigenvalue weighted by molar-refractivity contribution is 0.0763. The Hall–Kier alpha value is -1.27. The minimum atomic E-state index is -0.856. The Morgan fingerprint density at radius 2 is 2.05 bits per heavy atom. The molecule has 1 aromatic carbocycles. The average molecular weight is 307 g/mol. The van der Waals surface area contributed by atoms with E-state index in [0.29, 0.717) is 13.0 Å². The van der Waals surface area contributed by atoms with Crippen LogP contribution in [0, 0.1) is 11.6 Å². The zero-order valence-corrected chi connectivity index (χ0v) is 11.8. The van der Waals surface area contributed by atoms with Gasteiger partial charge in [-0.05, 0) is 19.1 Å². The summed E-state index contributed by atoms with van der Waals surface area (Å²) in [5.41, 5.74) is 5.00. The van der Waals surface area contributed by atoms with E-state index in [4.69, 9.17) is 29.6 Å². The maximum absolute atomic E-state index is 13.6. The summed E-state index contributed by atoms with van der Waals surface area (Å²) < 4.78 is 26.9. The number of hydrogen-bond donors (Lipinski definition) is 1. The minimum absolute atomic E-state index is 0.258. The van der Waals surface area contributed by atoms with Crippen molar-refractivity contribution in [3.63, 3.8) is 0 Å². The standard InChI is InChI=1S/C12H13ClF2N2OS/c1-2-17(4-3-11(16)19)12(18)7-5-10(15)8(13)6-9(7)14/h5-6H,2-4H2,1H3,(H2,16,19). The summed E-state index contributed by atoms with van der Waals surface area (Å²) in [6.07, 6.45) is 0.326. The molecule has 104 valence electrons. The Labute approximate surface area is 120 Å². The van der Waals surface area contributed by atoms with Crippen molar-refractivity contribution >= 4 is 34.7 Å². The number of halogens is 3. The molecule has 19 heavy (non-hydrogen) atoms. The molecule has 0 unspecified atom stereocenters. The Morgan fingerprint density at radius 1 is 1.42 bits per heavy atom. The zero-order valence-electron chi connectivity index (χ0n) is 10.3. The van der Waals surface area contributed by atoms with Crippen molar-refractivity contribution in [3.05, 3.63) is 34.4 Å². The van der Waals surface area contributed by atoms with Crippen LogP contribution in [0.25, 0.3) is 0 Å². The normalized spacial score (nSPS) is 10.3. The van der Waals surface area contributed by atoms with Crippen LogP contribution in [-0.2, 0) is 0 Å². The first kappa shape index (κ1) is 15.8. The predicted molar refractivity (Wildman–Crippen MR) is 74.3 cm³/mol. The fourth-order valence-corrected chi connectivity index (χ4v) is 1.75. The van der Waals surface area contributed by atoms with Gasteiger partial charge in [0.1, 0.15) is 11.6 Å². The van der Waals surface area contributed by atoms with E-state index in [2.05, 4.69) is 0 Å². The topological polar surface area (TPSA) is 46.3 Å². The van der Waals surface area contributed by atoms with Gasteiger partial charge in [0, 0.05) is 19.5 Å². The van der Waals surface area contributed by atoms with Crippen LogP contribution < -0.4 is 5.73 Å². The van der Waals surface area contributed by atoms with Gasteiger partial charge in [0.05, 0.1) is 15.6 Å². The van der Waals surface area contributed by atoms with Crippen LogP contribution in [0.5, 0.6) is 0 Å². The summed E-state index contributed by atoms with van der Waals surface area (Å²) in [5.74, 6) is -2.31. The lowest BCUT2D eigenvalue weighted by Crippen LogP contribution is -2.34. The van der Waals surface area contributed by atoms with E-state index in [1.165, 1.54) is 4.90 Å². The summed E-state index contributed by atoms with van der Waals surface area (Å²) in [7, 11) is 0. The van der Waals surface area contributed by atoms with E-state index < -0.39 is 17.5 Å². The number of nitrogens with two attached hydrogens (primary N) is 1. The molecule has 1 aromatic rings. The summed E-state index contributed by atoms with van der Waals surface area (Å²) in [6, 6.07) is 1.58. The van der Waals surface area contributed by atoms with E-state index in [0.717, 1.165) is 12.1 Å². The monoisotopic (exact) mass is 306 g/mol. The molecule has 0 atom stereocenters. The third-order valence-electron chi connectivity index (χ3n) is 2.54. The predicted octanol–water partition coefficient (Wildman–Crippen LogP) is 2.76. The number of amides is 1. The van der Waals surface area contributed by atoms with Crippen LogP contribution in [0.2, 0.25) is 5.02 Å². The van der Waals surface area contributed by atoms with E-state index in [1.54, 1.807) is 6.92 Å². The summed E-state index contributed by atoms with van der Waals surface area (Å²) in [5, 5.41) is -0.361. The highest BCUT2D eigenvalue weighted by atomic mass is 35.5. The highest BCUT2D eigenvalue weighted by Crippen LogP contribution is 2.20. The minimum Gasteiger partial charge on any atom is -0.393 e. The number of carbonyl (C=O) groups excluding carboxylic acids is 1. The molecule has 1 rings (SSSR count). The molecule has 0 spiro atoms. The third-order valence-corrected chi connectivity index (χ3v) is 3.03. The van der Waals surface area contributed by atoms with Crippen molar-refractivity contribution in [2.75, 3.05) is 13.1 Å². The smallest absolute Gasteiger partial charge is 0.256 e. The summed E-state index contributed by atoms with van der Waals surface area (Å²) in [6.45, 7) is 2.32. The SMILES string of the molecule is CCN(CCC(N)=S)C(=O)c1cc(F)c(Cl)cc1F. The van der Waals surface area contributed by atoms with Gasteiger partial charge in [-0.25, -0.2) is 8.78 Å². The Balaban J connectivity index is 2.97. The fourth-order valence-electron chi connectivity index (χ4n) is 1.51. The molecule has 0 fully saturated rings. The average Bonchev–Trinajstić information content (AvgIpc) is 2.34. The van der Waals surface area contributed by atoms with E-state index in [1.807, 2.05) is 0 Å². The number of carbonyl (C=O) groups is 1. The van der Waals surface area contributed by atoms with Crippen LogP contribution in [0.15, 0.2) is 12.1 Å². The molecule has 0 aliphatic carbocycles. The van der Waals surface area contributed by atoms with Crippen LogP contribution in [0.3, 0.4) is 0 Å². The molecule has 0 heterocycles.